The van der Waals surface area contributed by atoms with E-state index in [1.165, 1.54) is 6.42 Å². The highest BCUT2D eigenvalue weighted by atomic mass is 14.2. The maximum absolute atomic E-state index is 5.62. The third-order valence-electron chi connectivity index (χ3n) is 2.02. The van der Waals surface area contributed by atoms with Gasteiger partial charge in [0, 0.05) is 0 Å². The lowest BCUT2D eigenvalue weighted by Gasteiger charge is -2.20. The maximum Gasteiger partial charge on any atom is 0.0656 e. The molecule has 10 heavy (non-hydrogen) atoms. The van der Waals surface area contributed by atoms with Gasteiger partial charge in [0.05, 0.1) is 7.85 Å². The number of rotatable bonds is 4. The summed E-state index contributed by atoms with van der Waals surface area (Å²) in [4.78, 5) is 0. The fraction of sp³-hybridized carbons (Fsp3) is 1.00. The van der Waals surface area contributed by atoms with Crippen molar-refractivity contribution >= 4 is 7.85 Å². The van der Waals surface area contributed by atoms with Crippen LogP contribution in [0, 0.1) is 17.8 Å². The van der Waals surface area contributed by atoms with Crippen molar-refractivity contribution in [2.75, 3.05) is 0 Å². The minimum Gasteiger partial charge on any atom is -0.0857 e. The molecule has 0 nitrogen and oxygen atoms in total. The van der Waals surface area contributed by atoms with Gasteiger partial charge in [-0.25, -0.2) is 0 Å². The van der Waals surface area contributed by atoms with Crippen LogP contribution < -0.4 is 0 Å². The van der Waals surface area contributed by atoms with Gasteiger partial charge in [-0.2, -0.15) is 0 Å². The standard InChI is InChI=1S/C9H19B/c1-7(2)5-9(6-10)8(3)4/h7-9H,5-6H2,1-4H3. The van der Waals surface area contributed by atoms with Gasteiger partial charge < -0.3 is 0 Å². The molecule has 1 heteroatoms. The van der Waals surface area contributed by atoms with Crippen LogP contribution in [-0.2, 0) is 0 Å². The number of hydrogen-bond acceptors (Lipinski definition) is 0. The first kappa shape index (κ1) is 10.1. The fourth-order valence-corrected chi connectivity index (χ4v) is 1.25. The minimum absolute atomic E-state index is 0.722. The molecule has 1 unspecified atom stereocenters. The van der Waals surface area contributed by atoms with E-state index in [1.54, 1.807) is 0 Å². The van der Waals surface area contributed by atoms with Crippen molar-refractivity contribution in [3.8, 4) is 0 Å². The van der Waals surface area contributed by atoms with Crippen LogP contribution in [0.1, 0.15) is 34.1 Å². The second kappa shape index (κ2) is 4.82. The van der Waals surface area contributed by atoms with Crippen molar-refractivity contribution in [3.05, 3.63) is 0 Å². The van der Waals surface area contributed by atoms with Gasteiger partial charge >= 0.3 is 0 Å². The second-order valence-electron chi connectivity index (χ2n) is 3.87. The van der Waals surface area contributed by atoms with Crippen LogP contribution in [0.3, 0.4) is 0 Å². The summed E-state index contributed by atoms with van der Waals surface area (Å²) < 4.78 is 0. The Morgan fingerprint density at radius 1 is 1.10 bits per heavy atom. The Kier molecular flexibility index (Phi) is 4.85. The van der Waals surface area contributed by atoms with Crippen LogP contribution in [-0.4, -0.2) is 7.85 Å². The molecule has 0 amide bonds. The first-order valence-electron chi connectivity index (χ1n) is 4.28. The van der Waals surface area contributed by atoms with Gasteiger partial charge in [0.15, 0.2) is 0 Å². The van der Waals surface area contributed by atoms with Crippen molar-refractivity contribution in [1.29, 1.82) is 0 Å². The topological polar surface area (TPSA) is 0 Å². The smallest absolute Gasteiger partial charge is 0.0656 e. The van der Waals surface area contributed by atoms with Crippen LogP contribution in [0.2, 0.25) is 6.32 Å². The molecule has 0 aliphatic carbocycles. The predicted molar refractivity (Wildman–Crippen MR) is 48.3 cm³/mol. The Morgan fingerprint density at radius 2 is 1.60 bits per heavy atom. The van der Waals surface area contributed by atoms with E-state index >= 15 is 0 Å². The normalized spacial score (nSPS) is 14.6. The number of hydrogen-bond donors (Lipinski definition) is 0. The van der Waals surface area contributed by atoms with E-state index in [9.17, 15) is 0 Å². The Hall–Kier alpha value is 0.0649. The van der Waals surface area contributed by atoms with E-state index in [0.717, 1.165) is 24.1 Å². The third kappa shape index (κ3) is 3.97. The van der Waals surface area contributed by atoms with E-state index in [-0.39, 0.29) is 0 Å². The molecule has 0 aromatic carbocycles. The van der Waals surface area contributed by atoms with Gasteiger partial charge in [-0.3, -0.25) is 0 Å². The van der Waals surface area contributed by atoms with E-state index < -0.39 is 0 Å². The Bertz CT molecular complexity index is 76.8. The molecule has 1 atom stereocenters. The molecule has 0 aliphatic heterocycles. The first-order valence-corrected chi connectivity index (χ1v) is 4.28. The summed E-state index contributed by atoms with van der Waals surface area (Å²) in [5.41, 5.74) is 0. The van der Waals surface area contributed by atoms with E-state index in [4.69, 9.17) is 7.85 Å². The van der Waals surface area contributed by atoms with E-state index in [1.807, 2.05) is 0 Å². The zero-order chi connectivity index (χ0) is 8.15. The van der Waals surface area contributed by atoms with Crippen molar-refractivity contribution in [3.63, 3.8) is 0 Å². The maximum atomic E-state index is 5.62. The van der Waals surface area contributed by atoms with Crippen molar-refractivity contribution in [2.45, 2.75) is 40.4 Å². The molecule has 0 spiro atoms. The summed E-state index contributed by atoms with van der Waals surface area (Å²) in [6.07, 6.45) is 2.12. The van der Waals surface area contributed by atoms with Gasteiger partial charge in [0.2, 0.25) is 0 Å². The van der Waals surface area contributed by atoms with Crippen molar-refractivity contribution in [1.82, 2.24) is 0 Å². The summed E-state index contributed by atoms with van der Waals surface area (Å²) in [5.74, 6) is 2.25. The lowest BCUT2D eigenvalue weighted by atomic mass is 9.78. The molecular formula is C9H19B. The van der Waals surface area contributed by atoms with Crippen LogP contribution in [0.4, 0.5) is 0 Å². The highest BCUT2D eigenvalue weighted by Crippen LogP contribution is 2.22. The second-order valence-corrected chi connectivity index (χ2v) is 3.87. The summed E-state index contributed by atoms with van der Waals surface area (Å²) >= 11 is 0. The van der Waals surface area contributed by atoms with Crippen molar-refractivity contribution in [2.24, 2.45) is 17.8 Å². The zero-order valence-corrected chi connectivity index (χ0v) is 7.72. The Morgan fingerprint density at radius 3 is 1.70 bits per heavy atom. The van der Waals surface area contributed by atoms with Gasteiger partial charge in [0.25, 0.3) is 0 Å². The highest BCUT2D eigenvalue weighted by molar-refractivity contribution is 6.08. The monoisotopic (exact) mass is 138 g/mol. The third-order valence-corrected chi connectivity index (χ3v) is 2.02. The van der Waals surface area contributed by atoms with Crippen LogP contribution in [0.25, 0.3) is 0 Å². The van der Waals surface area contributed by atoms with Crippen LogP contribution >= 0.6 is 0 Å². The molecule has 0 N–H and O–H groups in total. The van der Waals surface area contributed by atoms with Gasteiger partial charge in [-0.15, -0.1) is 0 Å². The molecule has 0 fully saturated rings. The fourth-order valence-electron chi connectivity index (χ4n) is 1.25. The Balaban J connectivity index is 3.60. The first-order chi connectivity index (χ1) is 4.57. The molecule has 0 rings (SSSR count). The molecular weight excluding hydrogens is 119 g/mol. The molecule has 0 bridgehead atoms. The molecule has 0 saturated heterocycles. The average Bonchev–Trinajstić information content (AvgIpc) is 1.81. The lowest BCUT2D eigenvalue weighted by Crippen LogP contribution is -2.10. The molecule has 0 aliphatic rings. The molecule has 58 valence electrons. The summed E-state index contributed by atoms with van der Waals surface area (Å²) in [5, 5.41) is 0. The van der Waals surface area contributed by atoms with Crippen LogP contribution in [0.5, 0.6) is 0 Å². The minimum atomic E-state index is 0.722. The van der Waals surface area contributed by atoms with Crippen molar-refractivity contribution < 1.29 is 0 Å². The molecule has 2 radical (unpaired) electrons. The highest BCUT2D eigenvalue weighted by Gasteiger charge is 2.11. The SMILES string of the molecule is [B]CC(CC(C)C)C(C)C. The summed E-state index contributed by atoms with van der Waals surface area (Å²) in [6, 6.07) is 0. The lowest BCUT2D eigenvalue weighted by molar-refractivity contribution is 0.344. The molecule has 0 saturated carbocycles. The quantitative estimate of drug-likeness (QED) is 0.524. The van der Waals surface area contributed by atoms with Crippen LogP contribution in [0.15, 0.2) is 0 Å². The molecule has 0 aromatic rings. The predicted octanol–water partition coefficient (Wildman–Crippen LogP) is 2.89. The average molecular weight is 138 g/mol. The van der Waals surface area contributed by atoms with Gasteiger partial charge in [-0.05, 0) is 24.2 Å². The zero-order valence-electron chi connectivity index (χ0n) is 7.72. The van der Waals surface area contributed by atoms with E-state index in [0.29, 0.717) is 0 Å². The van der Waals surface area contributed by atoms with E-state index in [2.05, 4.69) is 27.7 Å². The van der Waals surface area contributed by atoms with Gasteiger partial charge in [-0.1, -0.05) is 34.0 Å². The molecule has 0 aromatic heterocycles. The molecule has 0 heterocycles. The van der Waals surface area contributed by atoms with Gasteiger partial charge in [0.1, 0.15) is 0 Å². The summed E-state index contributed by atoms with van der Waals surface area (Å²) in [6.45, 7) is 9.01. The largest absolute Gasteiger partial charge is 0.0857 e. The Labute approximate surface area is 66.8 Å². The summed E-state index contributed by atoms with van der Waals surface area (Å²) in [7, 11) is 5.62.